The van der Waals surface area contributed by atoms with Gasteiger partial charge in [-0.15, -0.1) is 0 Å². The van der Waals surface area contributed by atoms with E-state index in [0.717, 1.165) is 31.7 Å². The van der Waals surface area contributed by atoms with Crippen molar-refractivity contribution in [1.82, 2.24) is 9.88 Å². The highest BCUT2D eigenvalue weighted by Gasteiger charge is 2.51. The van der Waals surface area contributed by atoms with Gasteiger partial charge in [0.05, 0.1) is 5.41 Å². The van der Waals surface area contributed by atoms with Crippen LogP contribution in [0.1, 0.15) is 11.1 Å². The number of carbonyl (C=O) groups is 1. The molecule has 4 nitrogen and oxygen atoms in total. The highest BCUT2D eigenvalue weighted by molar-refractivity contribution is 5.99. The Bertz CT molecular complexity index is 677. The van der Waals surface area contributed by atoms with Crippen molar-refractivity contribution in [3.8, 4) is 0 Å². The van der Waals surface area contributed by atoms with Crippen LogP contribution >= 0.6 is 0 Å². The predicted octanol–water partition coefficient (Wildman–Crippen LogP) is 2.08. The number of nitrogens with one attached hydrogen (secondary N) is 1. The summed E-state index contributed by atoms with van der Waals surface area (Å²) < 4.78 is 0. The Morgan fingerprint density at radius 3 is 2.71 bits per heavy atom. The van der Waals surface area contributed by atoms with E-state index in [1.807, 2.05) is 42.7 Å². The molecule has 0 aliphatic carbocycles. The van der Waals surface area contributed by atoms with Crippen molar-refractivity contribution in [2.24, 2.45) is 5.41 Å². The standard InChI is InChI=1S/C17H17N3O/c21-16-17(9-14-3-1-2-4-15(14)19-16)11-20(12-17)10-13-5-7-18-8-6-13/h1-8H,9-12H2,(H,19,21). The summed E-state index contributed by atoms with van der Waals surface area (Å²) in [4.78, 5) is 18.8. The number of hydrogen-bond acceptors (Lipinski definition) is 3. The summed E-state index contributed by atoms with van der Waals surface area (Å²) in [6, 6.07) is 12.2. The van der Waals surface area contributed by atoms with Crippen LogP contribution in [0.4, 0.5) is 5.69 Å². The van der Waals surface area contributed by atoms with Gasteiger partial charge in [-0.2, -0.15) is 0 Å². The molecule has 21 heavy (non-hydrogen) atoms. The molecule has 1 aromatic heterocycles. The van der Waals surface area contributed by atoms with Crippen LogP contribution in [0.25, 0.3) is 0 Å². The van der Waals surface area contributed by atoms with Gasteiger partial charge in [0.15, 0.2) is 0 Å². The molecule has 1 spiro atoms. The average molecular weight is 279 g/mol. The summed E-state index contributed by atoms with van der Waals surface area (Å²) in [6.45, 7) is 2.55. The van der Waals surface area contributed by atoms with E-state index in [9.17, 15) is 4.79 Å². The second-order valence-corrected chi connectivity index (χ2v) is 6.07. The fraction of sp³-hybridized carbons (Fsp3) is 0.294. The fourth-order valence-corrected chi connectivity index (χ4v) is 3.42. The molecule has 3 heterocycles. The van der Waals surface area contributed by atoms with Crippen molar-refractivity contribution in [1.29, 1.82) is 0 Å². The van der Waals surface area contributed by atoms with E-state index in [0.29, 0.717) is 0 Å². The highest BCUT2D eigenvalue weighted by Crippen LogP contribution is 2.41. The predicted molar refractivity (Wildman–Crippen MR) is 80.7 cm³/mol. The smallest absolute Gasteiger partial charge is 0.233 e. The van der Waals surface area contributed by atoms with Crippen LogP contribution in [0.2, 0.25) is 0 Å². The van der Waals surface area contributed by atoms with Crippen molar-refractivity contribution in [2.45, 2.75) is 13.0 Å². The second-order valence-electron chi connectivity index (χ2n) is 6.07. The Morgan fingerprint density at radius 1 is 1.14 bits per heavy atom. The maximum atomic E-state index is 12.4. The van der Waals surface area contributed by atoms with E-state index < -0.39 is 0 Å². The van der Waals surface area contributed by atoms with Crippen LogP contribution in [0.15, 0.2) is 48.8 Å². The number of carbonyl (C=O) groups excluding carboxylic acids is 1. The second kappa shape index (κ2) is 4.67. The first-order chi connectivity index (χ1) is 10.3. The number of rotatable bonds is 2. The molecular formula is C17H17N3O. The Hall–Kier alpha value is -2.20. The molecule has 1 N–H and O–H groups in total. The van der Waals surface area contributed by atoms with Gasteiger partial charge in [-0.25, -0.2) is 0 Å². The van der Waals surface area contributed by atoms with Gasteiger partial charge < -0.3 is 5.32 Å². The van der Waals surface area contributed by atoms with Crippen LogP contribution in [-0.4, -0.2) is 28.9 Å². The minimum Gasteiger partial charge on any atom is -0.325 e. The van der Waals surface area contributed by atoms with E-state index >= 15 is 0 Å². The quantitative estimate of drug-likeness (QED) is 0.915. The van der Waals surface area contributed by atoms with Crippen LogP contribution in [0.3, 0.4) is 0 Å². The monoisotopic (exact) mass is 279 g/mol. The molecule has 0 radical (unpaired) electrons. The zero-order valence-corrected chi connectivity index (χ0v) is 11.7. The molecule has 2 aliphatic heterocycles. The molecule has 0 bridgehead atoms. The van der Waals surface area contributed by atoms with Crippen LogP contribution in [0.5, 0.6) is 0 Å². The molecule has 1 aromatic carbocycles. The third-order valence-corrected chi connectivity index (χ3v) is 4.48. The molecular weight excluding hydrogens is 262 g/mol. The molecule has 4 heteroatoms. The lowest BCUT2D eigenvalue weighted by atomic mass is 9.71. The van der Waals surface area contributed by atoms with E-state index in [1.54, 1.807) is 0 Å². The molecule has 4 rings (SSSR count). The minimum atomic E-state index is -0.235. The van der Waals surface area contributed by atoms with Gasteiger partial charge in [0.1, 0.15) is 0 Å². The minimum absolute atomic E-state index is 0.173. The number of nitrogens with zero attached hydrogens (tertiary/aromatic N) is 2. The van der Waals surface area contributed by atoms with E-state index in [-0.39, 0.29) is 11.3 Å². The first kappa shape index (κ1) is 12.5. The molecule has 106 valence electrons. The molecule has 2 aliphatic rings. The SMILES string of the molecule is O=C1Nc2ccccc2CC12CN(Cc1ccncc1)C2. The molecule has 2 aromatic rings. The lowest BCUT2D eigenvalue weighted by Crippen LogP contribution is -2.63. The zero-order valence-electron chi connectivity index (χ0n) is 11.7. The van der Waals surface area contributed by atoms with Gasteiger partial charge in [-0.3, -0.25) is 14.7 Å². The van der Waals surface area contributed by atoms with Crippen molar-refractivity contribution in [3.05, 3.63) is 59.9 Å². The average Bonchev–Trinajstić information content (AvgIpc) is 2.47. The summed E-state index contributed by atoms with van der Waals surface area (Å²) in [5, 5.41) is 3.06. The first-order valence-electron chi connectivity index (χ1n) is 7.26. The van der Waals surface area contributed by atoms with Gasteiger partial charge in [0.2, 0.25) is 5.91 Å². The van der Waals surface area contributed by atoms with Gasteiger partial charge in [0.25, 0.3) is 0 Å². The third-order valence-electron chi connectivity index (χ3n) is 4.48. The molecule has 1 saturated heterocycles. The number of hydrogen-bond donors (Lipinski definition) is 1. The van der Waals surface area contributed by atoms with Crippen molar-refractivity contribution < 1.29 is 4.79 Å². The Labute approximate surface area is 123 Å². The zero-order chi connectivity index (χ0) is 14.3. The van der Waals surface area contributed by atoms with E-state index in [2.05, 4.69) is 21.3 Å². The maximum absolute atomic E-state index is 12.4. The maximum Gasteiger partial charge on any atom is 0.233 e. The molecule has 1 fully saturated rings. The molecule has 0 atom stereocenters. The number of pyridine rings is 1. The summed E-state index contributed by atoms with van der Waals surface area (Å²) in [5.41, 5.74) is 3.24. The Balaban J connectivity index is 1.48. The number of aromatic nitrogens is 1. The number of amides is 1. The van der Waals surface area contributed by atoms with Crippen LogP contribution in [-0.2, 0) is 17.8 Å². The number of benzene rings is 1. The summed E-state index contributed by atoms with van der Waals surface area (Å²) in [7, 11) is 0. The van der Waals surface area contributed by atoms with E-state index in [4.69, 9.17) is 0 Å². The normalized spacial score (nSPS) is 19.7. The highest BCUT2D eigenvalue weighted by atomic mass is 16.2. The van der Waals surface area contributed by atoms with Crippen molar-refractivity contribution >= 4 is 11.6 Å². The third kappa shape index (κ3) is 2.12. The fourth-order valence-electron chi connectivity index (χ4n) is 3.42. The lowest BCUT2D eigenvalue weighted by molar-refractivity contribution is -0.137. The number of likely N-dealkylation sites (tertiary alicyclic amines) is 1. The summed E-state index contributed by atoms with van der Waals surface area (Å²) >= 11 is 0. The van der Waals surface area contributed by atoms with Crippen molar-refractivity contribution in [3.63, 3.8) is 0 Å². The lowest BCUT2D eigenvalue weighted by Gasteiger charge is -2.51. The Morgan fingerprint density at radius 2 is 1.90 bits per heavy atom. The van der Waals surface area contributed by atoms with Gasteiger partial charge in [-0.05, 0) is 35.7 Å². The summed E-state index contributed by atoms with van der Waals surface area (Å²) in [6.07, 6.45) is 4.48. The summed E-state index contributed by atoms with van der Waals surface area (Å²) in [5.74, 6) is 0.173. The first-order valence-corrected chi connectivity index (χ1v) is 7.26. The molecule has 0 saturated carbocycles. The van der Waals surface area contributed by atoms with Gasteiger partial charge in [0, 0.05) is 37.7 Å². The number of anilines is 1. The molecule has 0 unspecified atom stereocenters. The largest absolute Gasteiger partial charge is 0.325 e. The topological polar surface area (TPSA) is 45.2 Å². The van der Waals surface area contributed by atoms with Gasteiger partial charge >= 0.3 is 0 Å². The van der Waals surface area contributed by atoms with Crippen LogP contribution < -0.4 is 5.32 Å². The van der Waals surface area contributed by atoms with E-state index in [1.165, 1.54) is 11.1 Å². The van der Waals surface area contributed by atoms with Crippen molar-refractivity contribution in [2.75, 3.05) is 18.4 Å². The van der Waals surface area contributed by atoms with Crippen LogP contribution in [0, 0.1) is 5.41 Å². The number of fused-ring (bicyclic) bond motifs is 1. The molecule has 1 amide bonds. The number of para-hydroxylation sites is 1. The van der Waals surface area contributed by atoms with Gasteiger partial charge in [-0.1, -0.05) is 18.2 Å². The Kier molecular flexibility index (Phi) is 2.79.